The zero-order chi connectivity index (χ0) is 21.2. The highest BCUT2D eigenvalue weighted by atomic mass is 32.2. The van der Waals surface area contributed by atoms with Gasteiger partial charge in [-0.25, -0.2) is 4.39 Å². The number of pyridine rings is 1. The van der Waals surface area contributed by atoms with Crippen molar-refractivity contribution >= 4 is 11.1 Å². The van der Waals surface area contributed by atoms with Crippen LogP contribution in [0.3, 0.4) is 0 Å². The first-order chi connectivity index (χ1) is 13.6. The number of aryl methyl sites for hydroxylation is 1. The Morgan fingerprint density at radius 2 is 1.83 bits per heavy atom. The van der Waals surface area contributed by atoms with E-state index in [4.69, 9.17) is 0 Å². The second-order valence-electron chi connectivity index (χ2n) is 6.18. The lowest BCUT2D eigenvalue weighted by atomic mass is 9.97. The molecule has 3 rings (SSSR count). The van der Waals surface area contributed by atoms with Crippen LogP contribution in [0.2, 0.25) is 0 Å². The Hall–Kier alpha value is -2.78. The first-order valence-electron chi connectivity index (χ1n) is 8.30. The Labute approximate surface area is 166 Å². The third kappa shape index (κ3) is 5.18. The molecule has 0 aliphatic carbocycles. The van der Waals surface area contributed by atoms with Crippen LogP contribution in [0.4, 0.5) is 17.6 Å². The molecule has 0 bridgehead atoms. The summed E-state index contributed by atoms with van der Waals surface area (Å²) in [6.45, 7) is 1.48. The van der Waals surface area contributed by atoms with Gasteiger partial charge in [0.1, 0.15) is 11.6 Å². The second kappa shape index (κ2) is 8.30. The summed E-state index contributed by atoms with van der Waals surface area (Å²) in [4.78, 5) is 4.27. The van der Waals surface area contributed by atoms with E-state index in [1.165, 1.54) is 43.5 Å². The normalized spacial score (nSPS) is 12.6. The fourth-order valence-electron chi connectivity index (χ4n) is 2.86. The lowest BCUT2D eigenvalue weighted by Gasteiger charge is -2.14. The van der Waals surface area contributed by atoms with Gasteiger partial charge >= 0.3 is 6.36 Å². The van der Waals surface area contributed by atoms with Gasteiger partial charge in [0.2, 0.25) is 0 Å². The number of ether oxygens (including phenoxy) is 1. The van der Waals surface area contributed by atoms with Gasteiger partial charge in [0.25, 0.3) is 0 Å². The maximum absolute atomic E-state index is 14.3. The van der Waals surface area contributed by atoms with E-state index in [0.29, 0.717) is 22.4 Å². The van der Waals surface area contributed by atoms with Crippen molar-refractivity contribution < 1.29 is 31.1 Å². The van der Waals surface area contributed by atoms with Crippen molar-refractivity contribution in [2.45, 2.75) is 19.0 Å². The van der Waals surface area contributed by atoms with E-state index in [1.54, 1.807) is 18.2 Å². The molecule has 1 heterocycles. The van der Waals surface area contributed by atoms with Gasteiger partial charge in [-0.2, -0.15) is 0 Å². The molecule has 2 aromatic carbocycles. The summed E-state index contributed by atoms with van der Waals surface area (Å²) >= 11 is -2.42. The summed E-state index contributed by atoms with van der Waals surface area (Å²) in [5.74, 6) is -1.44. The maximum atomic E-state index is 14.3. The molecule has 4 nitrogen and oxygen atoms in total. The molecule has 1 aromatic heterocycles. The molecule has 0 radical (unpaired) electrons. The van der Waals surface area contributed by atoms with Crippen LogP contribution in [0.25, 0.3) is 22.4 Å². The Morgan fingerprint density at radius 3 is 2.45 bits per heavy atom. The van der Waals surface area contributed by atoms with Crippen LogP contribution in [0, 0.1) is 12.7 Å². The average Bonchev–Trinajstić information content (AvgIpc) is 2.64. The number of benzene rings is 2. The summed E-state index contributed by atoms with van der Waals surface area (Å²) in [6, 6.07) is 11.6. The van der Waals surface area contributed by atoms with Crippen LogP contribution in [0.15, 0.2) is 54.7 Å². The minimum atomic E-state index is -4.79. The maximum Gasteiger partial charge on any atom is 0.573 e. The molecule has 0 amide bonds. The molecule has 9 heteroatoms. The minimum Gasteiger partial charge on any atom is -0.772 e. The highest BCUT2D eigenvalue weighted by molar-refractivity contribution is 7.78. The van der Waals surface area contributed by atoms with Crippen LogP contribution < -0.4 is 4.74 Å². The van der Waals surface area contributed by atoms with E-state index < -0.39 is 29.0 Å². The first-order valence-corrected chi connectivity index (χ1v) is 9.55. The monoisotopic (exact) mass is 424 g/mol. The molecule has 0 saturated heterocycles. The standard InChI is InChI=1S/C20H15F4NO3S/c1-12-9-13(6-7-18(12)28-20(22,23)24)16-3-2-8-25-19(16)14-4-5-15(11-29(26)27)17(21)10-14/h2-10H,11H2,1H3,(H,26,27)/p-1. The Bertz CT molecular complexity index is 1070. The Morgan fingerprint density at radius 1 is 1.10 bits per heavy atom. The summed E-state index contributed by atoms with van der Waals surface area (Å²) in [5, 5.41) is 0. The molecular weight excluding hydrogens is 410 g/mol. The predicted octanol–water partition coefficient (Wildman–Crippen LogP) is 5.14. The largest absolute Gasteiger partial charge is 0.772 e. The van der Waals surface area contributed by atoms with Gasteiger partial charge in [0, 0.05) is 23.1 Å². The van der Waals surface area contributed by atoms with Crippen molar-refractivity contribution in [2.75, 3.05) is 0 Å². The molecule has 0 saturated carbocycles. The number of aromatic nitrogens is 1. The van der Waals surface area contributed by atoms with Crippen LogP contribution in [0.5, 0.6) is 5.75 Å². The lowest BCUT2D eigenvalue weighted by molar-refractivity contribution is -0.274. The number of halogens is 4. The third-order valence-electron chi connectivity index (χ3n) is 4.12. The molecule has 0 spiro atoms. The van der Waals surface area contributed by atoms with Crippen LogP contribution >= 0.6 is 0 Å². The van der Waals surface area contributed by atoms with Crippen molar-refractivity contribution in [3.05, 3.63) is 71.7 Å². The van der Waals surface area contributed by atoms with Gasteiger partial charge in [0.15, 0.2) is 0 Å². The van der Waals surface area contributed by atoms with E-state index in [2.05, 4.69) is 9.72 Å². The molecule has 0 aliphatic rings. The van der Waals surface area contributed by atoms with Gasteiger partial charge in [-0.1, -0.05) is 35.3 Å². The molecule has 1 unspecified atom stereocenters. The van der Waals surface area contributed by atoms with E-state index in [9.17, 15) is 26.3 Å². The Kier molecular flexibility index (Phi) is 5.99. The third-order valence-corrected chi connectivity index (χ3v) is 4.67. The zero-order valence-electron chi connectivity index (χ0n) is 15.0. The van der Waals surface area contributed by atoms with Gasteiger partial charge in [0.05, 0.1) is 5.69 Å². The van der Waals surface area contributed by atoms with Gasteiger partial charge in [-0.05, 0) is 47.9 Å². The quantitative estimate of drug-likeness (QED) is 0.420. The van der Waals surface area contributed by atoms with E-state index >= 15 is 0 Å². The molecule has 0 N–H and O–H groups in total. The zero-order valence-corrected chi connectivity index (χ0v) is 15.8. The van der Waals surface area contributed by atoms with Gasteiger partial charge in [-0.15, -0.1) is 13.2 Å². The molecule has 0 aliphatic heterocycles. The van der Waals surface area contributed by atoms with E-state index in [0.717, 1.165) is 0 Å². The highest BCUT2D eigenvalue weighted by Gasteiger charge is 2.31. The number of hydrogen-bond donors (Lipinski definition) is 0. The molecule has 152 valence electrons. The van der Waals surface area contributed by atoms with Crippen molar-refractivity contribution in [1.82, 2.24) is 4.98 Å². The average molecular weight is 424 g/mol. The lowest BCUT2D eigenvalue weighted by Crippen LogP contribution is -2.17. The number of nitrogens with zero attached hydrogens (tertiary/aromatic N) is 1. The smallest absolute Gasteiger partial charge is 0.573 e. The summed E-state index contributed by atoms with van der Waals surface area (Å²) in [7, 11) is 0. The number of hydrogen-bond acceptors (Lipinski definition) is 4. The topological polar surface area (TPSA) is 62.2 Å². The highest BCUT2D eigenvalue weighted by Crippen LogP contribution is 2.34. The molecule has 29 heavy (non-hydrogen) atoms. The van der Waals surface area contributed by atoms with Gasteiger partial charge in [-0.3, -0.25) is 9.19 Å². The molecule has 3 aromatic rings. The second-order valence-corrected chi connectivity index (χ2v) is 7.08. The van der Waals surface area contributed by atoms with Crippen molar-refractivity contribution in [3.63, 3.8) is 0 Å². The van der Waals surface area contributed by atoms with Crippen molar-refractivity contribution in [3.8, 4) is 28.1 Å². The first kappa shape index (κ1) is 20.9. The predicted molar refractivity (Wildman–Crippen MR) is 99.1 cm³/mol. The fourth-order valence-corrected chi connectivity index (χ4v) is 3.35. The minimum absolute atomic E-state index is 0.0315. The number of rotatable bonds is 5. The van der Waals surface area contributed by atoms with Crippen molar-refractivity contribution in [1.29, 1.82) is 0 Å². The summed E-state index contributed by atoms with van der Waals surface area (Å²) in [6.07, 6.45) is -3.29. The summed E-state index contributed by atoms with van der Waals surface area (Å²) < 4.78 is 77.3. The molecule has 0 fully saturated rings. The van der Waals surface area contributed by atoms with E-state index in [-0.39, 0.29) is 16.9 Å². The summed E-state index contributed by atoms with van der Waals surface area (Å²) in [5.41, 5.74) is 2.27. The van der Waals surface area contributed by atoms with Crippen LogP contribution in [-0.2, 0) is 16.8 Å². The molecule has 1 atom stereocenters. The van der Waals surface area contributed by atoms with Crippen LogP contribution in [-0.4, -0.2) is 20.1 Å². The fraction of sp³-hybridized carbons (Fsp3) is 0.150. The number of alkyl halides is 3. The SMILES string of the molecule is Cc1cc(-c2cccnc2-c2ccc(CS(=O)[O-])c(F)c2)ccc1OC(F)(F)F. The Balaban J connectivity index is 2.01. The van der Waals surface area contributed by atoms with Gasteiger partial charge < -0.3 is 9.29 Å². The van der Waals surface area contributed by atoms with Crippen molar-refractivity contribution in [2.24, 2.45) is 0 Å². The van der Waals surface area contributed by atoms with Crippen LogP contribution in [0.1, 0.15) is 11.1 Å². The molecular formula is C20H14F4NO3S-. The van der Waals surface area contributed by atoms with E-state index in [1.807, 2.05) is 0 Å².